The maximum Gasteiger partial charge on any atom is 0.0589 e. The summed E-state index contributed by atoms with van der Waals surface area (Å²) in [5, 5.41) is 3.54. The Hall–Kier alpha value is -0.120. The van der Waals surface area contributed by atoms with Crippen LogP contribution < -0.4 is 5.32 Å². The minimum Gasteiger partial charge on any atom is -0.383 e. The molecule has 3 unspecified atom stereocenters. The summed E-state index contributed by atoms with van der Waals surface area (Å²) in [5.74, 6) is 1.72. The molecule has 3 atom stereocenters. The van der Waals surface area contributed by atoms with Crippen molar-refractivity contribution < 1.29 is 4.74 Å². The normalized spacial score (nSPS) is 23.5. The summed E-state index contributed by atoms with van der Waals surface area (Å²) < 4.78 is 5.24. The van der Waals surface area contributed by atoms with Gasteiger partial charge in [-0.1, -0.05) is 13.8 Å². The zero-order valence-corrected chi connectivity index (χ0v) is 13.5. The van der Waals surface area contributed by atoms with Crippen molar-refractivity contribution in [2.24, 2.45) is 11.8 Å². The molecule has 1 saturated heterocycles. The van der Waals surface area contributed by atoms with Gasteiger partial charge in [0.05, 0.1) is 6.61 Å². The summed E-state index contributed by atoms with van der Waals surface area (Å²) in [4.78, 5) is 2.59. The number of rotatable bonds is 9. The van der Waals surface area contributed by atoms with Crippen LogP contribution in [0.15, 0.2) is 0 Å². The molecule has 0 bridgehead atoms. The minimum absolute atomic E-state index is 0.673. The summed E-state index contributed by atoms with van der Waals surface area (Å²) in [6, 6.07) is 0.673. The Kier molecular flexibility index (Phi) is 8.67. The van der Waals surface area contributed by atoms with Gasteiger partial charge in [-0.25, -0.2) is 0 Å². The van der Waals surface area contributed by atoms with Crippen molar-refractivity contribution in [2.45, 2.75) is 52.5 Å². The molecule has 1 N–H and O–H groups in total. The van der Waals surface area contributed by atoms with Crippen molar-refractivity contribution in [2.75, 3.05) is 39.9 Å². The van der Waals surface area contributed by atoms with Crippen LogP contribution in [0.2, 0.25) is 0 Å². The monoisotopic (exact) mass is 270 g/mol. The molecule has 0 aromatic carbocycles. The van der Waals surface area contributed by atoms with Crippen LogP contribution in [0.3, 0.4) is 0 Å². The van der Waals surface area contributed by atoms with E-state index in [-0.39, 0.29) is 0 Å². The first-order valence-corrected chi connectivity index (χ1v) is 8.12. The Labute approximate surface area is 120 Å². The highest BCUT2D eigenvalue weighted by molar-refractivity contribution is 4.76. The molecule has 1 aliphatic rings. The fourth-order valence-electron chi connectivity index (χ4n) is 2.99. The second-order valence-electron chi connectivity index (χ2n) is 6.16. The van der Waals surface area contributed by atoms with Gasteiger partial charge in [0.1, 0.15) is 0 Å². The lowest BCUT2D eigenvalue weighted by Gasteiger charge is -2.32. The van der Waals surface area contributed by atoms with Crippen molar-refractivity contribution in [1.82, 2.24) is 10.2 Å². The van der Waals surface area contributed by atoms with Crippen molar-refractivity contribution >= 4 is 0 Å². The predicted octanol–water partition coefficient (Wildman–Crippen LogP) is 2.76. The highest BCUT2D eigenvalue weighted by Crippen LogP contribution is 2.23. The van der Waals surface area contributed by atoms with Crippen molar-refractivity contribution in [3.63, 3.8) is 0 Å². The molecule has 1 heterocycles. The molecular weight excluding hydrogens is 236 g/mol. The summed E-state index contributed by atoms with van der Waals surface area (Å²) in [7, 11) is 1.80. The first-order valence-electron chi connectivity index (χ1n) is 8.12. The molecule has 0 aromatic rings. The summed E-state index contributed by atoms with van der Waals surface area (Å²) >= 11 is 0. The van der Waals surface area contributed by atoms with Crippen LogP contribution in [-0.4, -0.2) is 50.8 Å². The third-order valence-corrected chi connectivity index (χ3v) is 4.81. The number of hydrogen-bond donors (Lipinski definition) is 1. The molecular formula is C16H34N2O. The van der Waals surface area contributed by atoms with Crippen LogP contribution in [0.1, 0.15) is 46.5 Å². The lowest BCUT2D eigenvalue weighted by molar-refractivity contribution is 0.113. The average molecular weight is 270 g/mol. The number of ether oxygens (including phenoxy) is 1. The standard InChI is InChI=1S/C16H34N2O/c1-5-15(3)18(11-12-19-4)10-8-14(2)16-7-6-9-17-13-16/h14-17H,5-13H2,1-4H3. The van der Waals surface area contributed by atoms with E-state index in [0.717, 1.165) is 25.0 Å². The van der Waals surface area contributed by atoms with E-state index in [1.54, 1.807) is 7.11 Å². The highest BCUT2D eigenvalue weighted by Gasteiger charge is 2.21. The van der Waals surface area contributed by atoms with E-state index in [1.165, 1.54) is 45.3 Å². The fraction of sp³-hybridized carbons (Fsp3) is 1.00. The van der Waals surface area contributed by atoms with E-state index in [1.807, 2.05) is 0 Å². The smallest absolute Gasteiger partial charge is 0.0589 e. The minimum atomic E-state index is 0.673. The molecule has 3 heteroatoms. The Morgan fingerprint density at radius 2 is 2.11 bits per heavy atom. The topological polar surface area (TPSA) is 24.5 Å². The number of nitrogens with one attached hydrogen (secondary N) is 1. The van der Waals surface area contributed by atoms with Gasteiger partial charge in [-0.15, -0.1) is 0 Å². The Morgan fingerprint density at radius 1 is 1.32 bits per heavy atom. The molecule has 0 amide bonds. The van der Waals surface area contributed by atoms with Crippen LogP contribution in [0, 0.1) is 11.8 Å². The van der Waals surface area contributed by atoms with Crippen molar-refractivity contribution in [3.8, 4) is 0 Å². The molecule has 0 saturated carbocycles. The molecule has 0 radical (unpaired) electrons. The Balaban J connectivity index is 2.32. The Morgan fingerprint density at radius 3 is 2.68 bits per heavy atom. The molecule has 1 rings (SSSR count). The first kappa shape index (κ1) is 16.9. The Bertz CT molecular complexity index is 217. The van der Waals surface area contributed by atoms with Crippen LogP contribution in [-0.2, 0) is 4.74 Å². The fourth-order valence-corrected chi connectivity index (χ4v) is 2.99. The van der Waals surface area contributed by atoms with Gasteiger partial charge in [-0.2, -0.15) is 0 Å². The van der Waals surface area contributed by atoms with Crippen molar-refractivity contribution in [3.05, 3.63) is 0 Å². The van der Waals surface area contributed by atoms with Gasteiger partial charge >= 0.3 is 0 Å². The van der Waals surface area contributed by atoms with E-state index >= 15 is 0 Å². The molecule has 1 fully saturated rings. The molecule has 0 spiro atoms. The summed E-state index contributed by atoms with van der Waals surface area (Å²) in [6.45, 7) is 12.6. The number of methoxy groups -OCH3 is 1. The lowest BCUT2D eigenvalue weighted by atomic mass is 9.85. The van der Waals surface area contributed by atoms with E-state index in [4.69, 9.17) is 4.74 Å². The van der Waals surface area contributed by atoms with E-state index in [2.05, 4.69) is 31.0 Å². The van der Waals surface area contributed by atoms with Gasteiger partial charge in [-0.05, 0) is 64.1 Å². The highest BCUT2D eigenvalue weighted by atomic mass is 16.5. The third-order valence-electron chi connectivity index (χ3n) is 4.81. The lowest BCUT2D eigenvalue weighted by Crippen LogP contribution is -2.38. The molecule has 0 aromatic heterocycles. The number of nitrogens with zero attached hydrogens (tertiary/aromatic N) is 1. The zero-order valence-electron chi connectivity index (χ0n) is 13.5. The van der Waals surface area contributed by atoms with Crippen LogP contribution in [0.25, 0.3) is 0 Å². The van der Waals surface area contributed by atoms with Gasteiger partial charge in [0.2, 0.25) is 0 Å². The van der Waals surface area contributed by atoms with Crippen molar-refractivity contribution in [1.29, 1.82) is 0 Å². The largest absolute Gasteiger partial charge is 0.383 e. The zero-order chi connectivity index (χ0) is 14.1. The summed E-state index contributed by atoms with van der Waals surface area (Å²) in [6.07, 6.45) is 5.31. The third kappa shape index (κ3) is 6.24. The quantitative estimate of drug-likeness (QED) is 0.697. The van der Waals surface area contributed by atoms with E-state index < -0.39 is 0 Å². The van der Waals surface area contributed by atoms with Crippen LogP contribution in [0.5, 0.6) is 0 Å². The van der Waals surface area contributed by atoms with Crippen LogP contribution >= 0.6 is 0 Å². The molecule has 114 valence electrons. The van der Waals surface area contributed by atoms with Gasteiger partial charge in [-0.3, -0.25) is 4.90 Å². The summed E-state index contributed by atoms with van der Waals surface area (Å²) in [5.41, 5.74) is 0. The van der Waals surface area contributed by atoms with Gasteiger partial charge in [0.15, 0.2) is 0 Å². The maximum atomic E-state index is 5.24. The number of hydrogen-bond acceptors (Lipinski definition) is 3. The van der Waals surface area contributed by atoms with E-state index in [9.17, 15) is 0 Å². The van der Waals surface area contributed by atoms with E-state index in [0.29, 0.717) is 6.04 Å². The van der Waals surface area contributed by atoms with Gasteiger partial charge < -0.3 is 10.1 Å². The maximum absolute atomic E-state index is 5.24. The second kappa shape index (κ2) is 9.73. The average Bonchev–Trinajstić information content (AvgIpc) is 2.47. The second-order valence-corrected chi connectivity index (χ2v) is 6.16. The molecule has 1 aliphatic heterocycles. The molecule has 3 nitrogen and oxygen atoms in total. The molecule has 19 heavy (non-hydrogen) atoms. The van der Waals surface area contributed by atoms with Crippen LogP contribution in [0.4, 0.5) is 0 Å². The van der Waals surface area contributed by atoms with Gasteiger partial charge in [0.25, 0.3) is 0 Å². The first-order chi connectivity index (χ1) is 9.19. The predicted molar refractivity (Wildman–Crippen MR) is 82.6 cm³/mol. The molecule has 0 aliphatic carbocycles. The SMILES string of the molecule is CCC(C)N(CCOC)CCC(C)C1CCCNC1. The van der Waals surface area contributed by atoms with Gasteiger partial charge in [0, 0.05) is 19.7 Å². The number of piperidine rings is 1.